The summed E-state index contributed by atoms with van der Waals surface area (Å²) in [6.07, 6.45) is 2.33. The van der Waals surface area contributed by atoms with E-state index < -0.39 is 11.5 Å². The van der Waals surface area contributed by atoms with Crippen LogP contribution < -0.4 is 5.73 Å². The highest BCUT2D eigenvalue weighted by Gasteiger charge is 2.41. The third-order valence-corrected chi connectivity index (χ3v) is 4.26. The van der Waals surface area contributed by atoms with Crippen LogP contribution in [0.3, 0.4) is 0 Å². The topological polar surface area (TPSA) is 43.1 Å². The van der Waals surface area contributed by atoms with Crippen molar-refractivity contribution in [1.29, 1.82) is 0 Å². The first-order chi connectivity index (χ1) is 10.5. The van der Waals surface area contributed by atoms with Crippen LogP contribution in [0.4, 0.5) is 10.1 Å². The molecule has 2 aromatic rings. The zero-order valence-electron chi connectivity index (χ0n) is 12.3. The van der Waals surface area contributed by atoms with Crippen LogP contribution in [0, 0.1) is 0 Å². The van der Waals surface area contributed by atoms with E-state index in [-0.39, 0.29) is 12.8 Å². The van der Waals surface area contributed by atoms with E-state index in [0.29, 0.717) is 17.7 Å². The fourth-order valence-corrected chi connectivity index (χ4v) is 2.99. The van der Waals surface area contributed by atoms with Crippen LogP contribution in [0.1, 0.15) is 28.8 Å². The zero-order chi connectivity index (χ0) is 15.7. The summed E-state index contributed by atoms with van der Waals surface area (Å²) in [6, 6.07) is 13.2. The minimum Gasteiger partial charge on any atom is -0.399 e. The third-order valence-electron chi connectivity index (χ3n) is 4.26. The summed E-state index contributed by atoms with van der Waals surface area (Å²) in [5.74, 6) is -0.419. The van der Waals surface area contributed by atoms with Crippen molar-refractivity contribution in [3.8, 4) is 11.1 Å². The van der Waals surface area contributed by atoms with Gasteiger partial charge in [-0.25, -0.2) is 4.39 Å². The lowest BCUT2D eigenvalue weighted by molar-refractivity contribution is 0.0644. The van der Waals surface area contributed by atoms with Crippen molar-refractivity contribution in [3.63, 3.8) is 0 Å². The first-order valence-corrected chi connectivity index (χ1v) is 7.37. The molecule has 0 radical (unpaired) electrons. The number of aryl methyl sites for hydroxylation is 1. The smallest absolute Gasteiger partial charge is 0.200 e. The van der Waals surface area contributed by atoms with E-state index in [1.807, 2.05) is 36.4 Å². The Morgan fingerprint density at radius 3 is 2.55 bits per heavy atom. The highest BCUT2D eigenvalue weighted by atomic mass is 19.1. The van der Waals surface area contributed by atoms with Crippen LogP contribution >= 0.6 is 0 Å². The maximum absolute atomic E-state index is 14.7. The van der Waals surface area contributed by atoms with Crippen LogP contribution in [0.25, 0.3) is 11.1 Å². The van der Waals surface area contributed by atoms with E-state index in [4.69, 9.17) is 5.73 Å². The Labute approximate surface area is 129 Å². The number of nitrogens with two attached hydrogens (primary N) is 1. The monoisotopic (exact) mass is 295 g/mol. The molecule has 0 saturated heterocycles. The number of alkyl halides is 1. The number of hydrogen-bond acceptors (Lipinski definition) is 2. The van der Waals surface area contributed by atoms with Gasteiger partial charge in [0, 0.05) is 17.7 Å². The number of fused-ring (bicyclic) bond motifs is 1. The second-order valence-electron chi connectivity index (χ2n) is 5.78. The fourth-order valence-electron chi connectivity index (χ4n) is 2.99. The summed E-state index contributed by atoms with van der Waals surface area (Å²) in [5.41, 5.74) is 8.07. The van der Waals surface area contributed by atoms with Crippen LogP contribution in [0.2, 0.25) is 0 Å². The number of anilines is 1. The molecule has 2 N–H and O–H groups in total. The van der Waals surface area contributed by atoms with E-state index in [9.17, 15) is 9.18 Å². The Bertz CT molecular complexity index is 736. The number of nitrogen functional groups attached to an aromatic ring is 1. The number of benzene rings is 2. The minimum atomic E-state index is -1.79. The van der Waals surface area contributed by atoms with Gasteiger partial charge in [0.1, 0.15) is 0 Å². The molecule has 3 heteroatoms. The summed E-state index contributed by atoms with van der Waals surface area (Å²) < 4.78 is 14.7. The van der Waals surface area contributed by atoms with E-state index >= 15 is 0 Å². The molecule has 0 amide bonds. The lowest BCUT2D eigenvalue weighted by Crippen LogP contribution is -2.38. The lowest BCUT2D eigenvalue weighted by Gasteiger charge is -2.29. The van der Waals surface area contributed by atoms with Crippen molar-refractivity contribution in [1.82, 2.24) is 0 Å². The largest absolute Gasteiger partial charge is 0.399 e. The number of carbonyl (C=O) groups is 1. The molecule has 0 fully saturated rings. The summed E-state index contributed by atoms with van der Waals surface area (Å²) in [6.45, 7) is 3.55. The normalized spacial score (nSPS) is 20.5. The van der Waals surface area contributed by atoms with Gasteiger partial charge in [0.2, 0.25) is 5.78 Å². The van der Waals surface area contributed by atoms with Crippen LogP contribution in [-0.2, 0) is 6.42 Å². The van der Waals surface area contributed by atoms with Crippen molar-refractivity contribution >= 4 is 11.5 Å². The molecule has 0 heterocycles. The molecule has 0 aliphatic heterocycles. The Balaban J connectivity index is 1.98. The number of carbonyl (C=O) groups excluding carboxylic acids is 1. The highest BCUT2D eigenvalue weighted by Crippen LogP contribution is 2.36. The predicted octanol–water partition coefficient (Wildman–Crippen LogP) is 4.35. The Hall–Kier alpha value is -2.42. The molecule has 0 aromatic heterocycles. The van der Waals surface area contributed by atoms with Gasteiger partial charge in [0.05, 0.1) is 0 Å². The van der Waals surface area contributed by atoms with Crippen LogP contribution in [0.15, 0.2) is 55.1 Å². The van der Waals surface area contributed by atoms with Crippen molar-refractivity contribution in [3.05, 3.63) is 66.2 Å². The van der Waals surface area contributed by atoms with Gasteiger partial charge in [-0.1, -0.05) is 36.4 Å². The number of halogens is 1. The molecule has 1 atom stereocenters. The minimum absolute atomic E-state index is 0.0744. The predicted molar refractivity (Wildman–Crippen MR) is 87.6 cm³/mol. The molecular formula is C19H18FNO. The summed E-state index contributed by atoms with van der Waals surface area (Å²) >= 11 is 0. The number of ketones is 1. The van der Waals surface area contributed by atoms with Crippen molar-refractivity contribution in [2.75, 3.05) is 5.73 Å². The number of allylic oxidation sites excluding steroid dienone is 1. The molecular weight excluding hydrogens is 277 g/mol. The van der Waals surface area contributed by atoms with Gasteiger partial charge in [0.15, 0.2) is 5.67 Å². The standard InChI is InChI=1S/C19H18FNO/c1-2-10-19(20)11-9-15-12-14(5-8-17(15)18(19)22)13-3-6-16(21)7-4-13/h2-8,12H,1,9-11,21H2. The number of Topliss-reactive ketones (excluding diaryl/α,β-unsaturated/α-hetero) is 1. The molecule has 0 saturated carbocycles. The maximum Gasteiger partial charge on any atom is 0.200 e. The van der Waals surface area contributed by atoms with Gasteiger partial charge in [-0.15, -0.1) is 6.58 Å². The lowest BCUT2D eigenvalue weighted by atomic mass is 9.78. The molecule has 1 unspecified atom stereocenters. The molecule has 1 aliphatic carbocycles. The average molecular weight is 295 g/mol. The quantitative estimate of drug-likeness (QED) is 0.675. The van der Waals surface area contributed by atoms with E-state index in [0.717, 1.165) is 16.7 Å². The molecule has 1 aliphatic rings. The van der Waals surface area contributed by atoms with Gasteiger partial charge in [-0.05, 0) is 41.7 Å². The first kappa shape index (κ1) is 14.5. The Kier molecular flexibility index (Phi) is 3.57. The molecule has 2 aromatic carbocycles. The summed E-state index contributed by atoms with van der Waals surface area (Å²) in [5, 5.41) is 0. The summed E-state index contributed by atoms with van der Waals surface area (Å²) in [4.78, 5) is 12.4. The summed E-state index contributed by atoms with van der Waals surface area (Å²) in [7, 11) is 0. The molecule has 3 rings (SSSR count). The van der Waals surface area contributed by atoms with Crippen LogP contribution in [0.5, 0.6) is 0 Å². The van der Waals surface area contributed by atoms with Gasteiger partial charge in [0.25, 0.3) is 0 Å². The van der Waals surface area contributed by atoms with Crippen molar-refractivity contribution < 1.29 is 9.18 Å². The van der Waals surface area contributed by atoms with Crippen molar-refractivity contribution in [2.24, 2.45) is 0 Å². The van der Waals surface area contributed by atoms with Crippen LogP contribution in [-0.4, -0.2) is 11.5 Å². The van der Waals surface area contributed by atoms with E-state index in [1.54, 1.807) is 6.07 Å². The Morgan fingerprint density at radius 2 is 1.86 bits per heavy atom. The first-order valence-electron chi connectivity index (χ1n) is 7.37. The molecule has 0 spiro atoms. The van der Waals surface area contributed by atoms with Crippen molar-refractivity contribution in [2.45, 2.75) is 24.9 Å². The molecule has 22 heavy (non-hydrogen) atoms. The third kappa shape index (κ3) is 2.43. The zero-order valence-corrected chi connectivity index (χ0v) is 12.3. The second-order valence-corrected chi connectivity index (χ2v) is 5.78. The van der Waals surface area contributed by atoms with Gasteiger partial charge in [-0.3, -0.25) is 4.79 Å². The molecule has 112 valence electrons. The maximum atomic E-state index is 14.7. The number of hydrogen-bond donors (Lipinski definition) is 1. The number of rotatable bonds is 3. The van der Waals surface area contributed by atoms with E-state index in [1.165, 1.54) is 6.08 Å². The Morgan fingerprint density at radius 1 is 1.18 bits per heavy atom. The SMILES string of the molecule is C=CCC1(F)CCc2cc(-c3ccc(N)cc3)ccc2C1=O. The van der Waals surface area contributed by atoms with Gasteiger partial charge >= 0.3 is 0 Å². The van der Waals surface area contributed by atoms with E-state index in [2.05, 4.69) is 6.58 Å². The van der Waals surface area contributed by atoms with Gasteiger partial charge in [-0.2, -0.15) is 0 Å². The highest BCUT2D eigenvalue weighted by molar-refractivity contribution is 6.05. The average Bonchev–Trinajstić information content (AvgIpc) is 2.52. The molecule has 0 bridgehead atoms. The fraction of sp³-hybridized carbons (Fsp3) is 0.211. The molecule has 2 nitrogen and oxygen atoms in total. The second kappa shape index (κ2) is 5.41. The van der Waals surface area contributed by atoms with Gasteiger partial charge < -0.3 is 5.73 Å².